The first-order valence-electron chi connectivity index (χ1n) is 8.01. The lowest BCUT2D eigenvalue weighted by molar-refractivity contribution is -0.183. The van der Waals surface area contributed by atoms with Crippen LogP contribution in [0.3, 0.4) is 0 Å². The first-order chi connectivity index (χ1) is 11.8. The lowest BCUT2D eigenvalue weighted by atomic mass is 9.85. The highest BCUT2D eigenvalue weighted by Crippen LogP contribution is 2.37. The van der Waals surface area contributed by atoms with Gasteiger partial charge in [0.2, 0.25) is 0 Å². The number of rotatable bonds is 3. The third-order valence-electron chi connectivity index (χ3n) is 4.41. The Bertz CT molecular complexity index is 742. The number of hydrogen-bond acceptors (Lipinski definition) is 2. The standard InChI is InChI=1S/C17H17BrF3N3O/c18-13-4-6-15(7-5-13)24-10-11(9-22-24)16(25)23-14-3-1-2-12(8-14)17(19,20)21/h4-7,9-10,12,14H,1-3,8H2,(H,23,25). The van der Waals surface area contributed by atoms with Gasteiger partial charge in [-0.25, -0.2) is 4.68 Å². The first-order valence-corrected chi connectivity index (χ1v) is 8.80. The molecule has 0 aliphatic heterocycles. The molecular formula is C17H17BrF3N3O. The fraction of sp³-hybridized carbons (Fsp3) is 0.412. The first kappa shape index (κ1) is 18.0. The molecule has 1 saturated carbocycles. The van der Waals surface area contributed by atoms with Crippen molar-refractivity contribution < 1.29 is 18.0 Å². The van der Waals surface area contributed by atoms with Crippen molar-refractivity contribution in [1.29, 1.82) is 0 Å². The summed E-state index contributed by atoms with van der Waals surface area (Å²) in [4.78, 5) is 12.3. The molecule has 1 amide bonds. The summed E-state index contributed by atoms with van der Waals surface area (Å²) in [6.07, 6.45) is -0.0974. The lowest BCUT2D eigenvalue weighted by Gasteiger charge is -2.30. The van der Waals surface area contributed by atoms with Crippen molar-refractivity contribution in [2.24, 2.45) is 5.92 Å². The van der Waals surface area contributed by atoms with Crippen LogP contribution in [0.2, 0.25) is 0 Å². The van der Waals surface area contributed by atoms with Gasteiger partial charge in [-0.05, 0) is 43.5 Å². The molecule has 2 atom stereocenters. The molecular weight excluding hydrogens is 399 g/mol. The van der Waals surface area contributed by atoms with Crippen molar-refractivity contribution in [3.05, 3.63) is 46.7 Å². The molecule has 1 fully saturated rings. The summed E-state index contributed by atoms with van der Waals surface area (Å²) >= 11 is 3.35. The van der Waals surface area contributed by atoms with E-state index in [1.54, 1.807) is 10.9 Å². The minimum Gasteiger partial charge on any atom is -0.349 e. The van der Waals surface area contributed by atoms with Gasteiger partial charge in [0.05, 0.1) is 23.4 Å². The van der Waals surface area contributed by atoms with E-state index in [2.05, 4.69) is 26.3 Å². The Kier molecular flexibility index (Phi) is 5.17. The van der Waals surface area contributed by atoms with Gasteiger partial charge in [0.15, 0.2) is 0 Å². The van der Waals surface area contributed by atoms with Gasteiger partial charge in [0.25, 0.3) is 5.91 Å². The van der Waals surface area contributed by atoms with Crippen LogP contribution in [0.25, 0.3) is 5.69 Å². The normalized spacial score (nSPS) is 21.1. The van der Waals surface area contributed by atoms with Gasteiger partial charge in [0.1, 0.15) is 0 Å². The minimum absolute atomic E-state index is 0.0594. The fourth-order valence-corrected chi connectivity index (χ4v) is 3.33. The van der Waals surface area contributed by atoms with Crippen LogP contribution in [0.1, 0.15) is 36.0 Å². The van der Waals surface area contributed by atoms with Crippen LogP contribution in [0.4, 0.5) is 13.2 Å². The number of aromatic nitrogens is 2. The maximum absolute atomic E-state index is 12.9. The van der Waals surface area contributed by atoms with Gasteiger partial charge in [-0.1, -0.05) is 22.4 Å². The smallest absolute Gasteiger partial charge is 0.349 e. The average molecular weight is 416 g/mol. The zero-order valence-electron chi connectivity index (χ0n) is 13.3. The molecule has 25 heavy (non-hydrogen) atoms. The number of amides is 1. The summed E-state index contributed by atoms with van der Waals surface area (Å²) in [5.74, 6) is -1.73. The van der Waals surface area contributed by atoms with E-state index < -0.39 is 24.0 Å². The summed E-state index contributed by atoms with van der Waals surface area (Å²) in [5.41, 5.74) is 1.12. The molecule has 134 valence electrons. The van der Waals surface area contributed by atoms with Gasteiger partial charge in [0, 0.05) is 16.7 Å². The van der Waals surface area contributed by atoms with Crippen LogP contribution in [-0.2, 0) is 0 Å². The van der Waals surface area contributed by atoms with E-state index in [1.807, 2.05) is 24.3 Å². The van der Waals surface area contributed by atoms with E-state index in [9.17, 15) is 18.0 Å². The molecule has 1 aromatic heterocycles. The maximum Gasteiger partial charge on any atom is 0.391 e. The van der Waals surface area contributed by atoms with E-state index in [0.717, 1.165) is 10.2 Å². The van der Waals surface area contributed by atoms with Crippen LogP contribution in [-0.4, -0.2) is 27.9 Å². The topological polar surface area (TPSA) is 46.9 Å². The third kappa shape index (κ3) is 4.42. The molecule has 8 heteroatoms. The molecule has 0 saturated heterocycles. The molecule has 4 nitrogen and oxygen atoms in total. The quantitative estimate of drug-likeness (QED) is 0.802. The Morgan fingerprint density at radius 2 is 1.96 bits per heavy atom. The SMILES string of the molecule is O=C(NC1CCCC(C(F)(F)F)C1)c1cnn(-c2ccc(Br)cc2)c1. The Morgan fingerprint density at radius 1 is 1.24 bits per heavy atom. The second kappa shape index (κ2) is 7.19. The Balaban J connectivity index is 1.65. The molecule has 3 rings (SSSR count). The van der Waals surface area contributed by atoms with Crippen molar-refractivity contribution in [3.63, 3.8) is 0 Å². The van der Waals surface area contributed by atoms with E-state index in [0.29, 0.717) is 18.4 Å². The highest BCUT2D eigenvalue weighted by atomic mass is 79.9. The number of carbonyl (C=O) groups excluding carboxylic acids is 1. The molecule has 2 aromatic rings. The fourth-order valence-electron chi connectivity index (χ4n) is 3.06. The van der Waals surface area contributed by atoms with Crippen LogP contribution in [0.5, 0.6) is 0 Å². The Hall–Kier alpha value is -1.83. The van der Waals surface area contributed by atoms with Crippen molar-refractivity contribution in [2.45, 2.75) is 37.9 Å². The Labute approximate surface area is 151 Å². The van der Waals surface area contributed by atoms with Crippen molar-refractivity contribution >= 4 is 21.8 Å². The predicted octanol–water partition coefficient (Wildman–Crippen LogP) is 4.49. The number of nitrogens with zero attached hydrogens (tertiary/aromatic N) is 2. The summed E-state index contributed by atoms with van der Waals surface area (Å²) in [6, 6.07) is 6.94. The van der Waals surface area contributed by atoms with Crippen molar-refractivity contribution in [1.82, 2.24) is 15.1 Å². The van der Waals surface area contributed by atoms with Crippen LogP contribution < -0.4 is 5.32 Å². The molecule has 1 aromatic carbocycles. The molecule has 0 bridgehead atoms. The van der Waals surface area contributed by atoms with Gasteiger partial charge in [-0.15, -0.1) is 0 Å². The molecule has 1 heterocycles. The van der Waals surface area contributed by atoms with Gasteiger partial charge in [-0.2, -0.15) is 18.3 Å². The van der Waals surface area contributed by atoms with Gasteiger partial charge in [-0.3, -0.25) is 4.79 Å². The van der Waals surface area contributed by atoms with Crippen molar-refractivity contribution in [2.75, 3.05) is 0 Å². The number of hydrogen-bond donors (Lipinski definition) is 1. The highest BCUT2D eigenvalue weighted by Gasteiger charge is 2.42. The monoisotopic (exact) mass is 415 g/mol. The zero-order valence-corrected chi connectivity index (χ0v) is 14.8. The summed E-state index contributed by atoms with van der Waals surface area (Å²) < 4.78 is 41.1. The second-order valence-electron chi connectivity index (χ2n) is 6.23. The largest absolute Gasteiger partial charge is 0.391 e. The van der Waals surface area contributed by atoms with Crippen LogP contribution >= 0.6 is 15.9 Å². The third-order valence-corrected chi connectivity index (χ3v) is 4.94. The summed E-state index contributed by atoms with van der Waals surface area (Å²) in [7, 11) is 0. The van der Waals surface area contributed by atoms with Crippen LogP contribution in [0.15, 0.2) is 41.1 Å². The van der Waals surface area contributed by atoms with E-state index in [-0.39, 0.29) is 12.8 Å². The summed E-state index contributed by atoms with van der Waals surface area (Å²) in [6.45, 7) is 0. The van der Waals surface area contributed by atoms with E-state index in [1.165, 1.54) is 6.20 Å². The molecule has 1 aliphatic carbocycles. The van der Waals surface area contributed by atoms with E-state index in [4.69, 9.17) is 0 Å². The molecule has 2 unspecified atom stereocenters. The Morgan fingerprint density at radius 3 is 2.64 bits per heavy atom. The second-order valence-corrected chi connectivity index (χ2v) is 7.14. The molecule has 1 N–H and O–H groups in total. The zero-order chi connectivity index (χ0) is 18.0. The number of nitrogens with one attached hydrogen (secondary N) is 1. The molecule has 1 aliphatic rings. The van der Waals surface area contributed by atoms with Gasteiger partial charge >= 0.3 is 6.18 Å². The average Bonchev–Trinajstić information content (AvgIpc) is 3.05. The van der Waals surface area contributed by atoms with Crippen LogP contribution in [0, 0.1) is 5.92 Å². The lowest BCUT2D eigenvalue weighted by Crippen LogP contribution is -2.41. The van der Waals surface area contributed by atoms with Crippen molar-refractivity contribution in [3.8, 4) is 5.69 Å². The molecule has 0 radical (unpaired) electrons. The molecule has 0 spiro atoms. The number of alkyl halides is 3. The minimum atomic E-state index is -4.20. The predicted molar refractivity (Wildman–Crippen MR) is 90.5 cm³/mol. The number of carbonyl (C=O) groups is 1. The number of benzene rings is 1. The van der Waals surface area contributed by atoms with E-state index >= 15 is 0 Å². The summed E-state index contributed by atoms with van der Waals surface area (Å²) in [5, 5.41) is 6.86. The van der Waals surface area contributed by atoms with Gasteiger partial charge < -0.3 is 5.32 Å². The maximum atomic E-state index is 12.9. The highest BCUT2D eigenvalue weighted by molar-refractivity contribution is 9.10. The number of halogens is 4.